The summed E-state index contributed by atoms with van der Waals surface area (Å²) in [5.74, 6) is 1.60. The zero-order valence-electron chi connectivity index (χ0n) is 12.8. The third-order valence-electron chi connectivity index (χ3n) is 3.57. The van der Waals surface area contributed by atoms with Gasteiger partial charge in [0, 0.05) is 25.7 Å². The number of hydrogen-bond acceptors (Lipinski definition) is 6. The van der Waals surface area contributed by atoms with Crippen molar-refractivity contribution >= 4 is 17.5 Å². The molecule has 2 N–H and O–H groups in total. The van der Waals surface area contributed by atoms with E-state index in [-0.39, 0.29) is 11.9 Å². The number of ether oxygens (including phenoxy) is 1. The van der Waals surface area contributed by atoms with Gasteiger partial charge in [0.1, 0.15) is 24.0 Å². The molecule has 1 atom stereocenters. The van der Waals surface area contributed by atoms with Gasteiger partial charge in [-0.1, -0.05) is 6.92 Å². The smallest absolute Gasteiger partial charge is 0.245 e. The number of carbonyl (C=O) groups is 1. The van der Waals surface area contributed by atoms with Crippen LogP contribution in [0, 0.1) is 0 Å². The first-order valence-electron chi connectivity index (χ1n) is 7.36. The second-order valence-electron chi connectivity index (χ2n) is 4.81. The SMILES string of the molecule is CCNC(=O)C1COCCN1c1ncnc(NC)c1CC. The maximum atomic E-state index is 12.2. The Morgan fingerprint density at radius 1 is 1.48 bits per heavy atom. The molecule has 7 nitrogen and oxygen atoms in total. The van der Waals surface area contributed by atoms with Crippen molar-refractivity contribution in [1.29, 1.82) is 0 Å². The summed E-state index contributed by atoms with van der Waals surface area (Å²) in [4.78, 5) is 22.9. The van der Waals surface area contributed by atoms with Gasteiger partial charge < -0.3 is 20.3 Å². The van der Waals surface area contributed by atoms with Crippen LogP contribution in [0.2, 0.25) is 0 Å². The highest BCUT2D eigenvalue weighted by atomic mass is 16.5. The van der Waals surface area contributed by atoms with Gasteiger partial charge in [0.05, 0.1) is 13.2 Å². The number of morpholine rings is 1. The van der Waals surface area contributed by atoms with Crippen LogP contribution in [0.1, 0.15) is 19.4 Å². The quantitative estimate of drug-likeness (QED) is 0.819. The topological polar surface area (TPSA) is 79.4 Å². The van der Waals surface area contributed by atoms with E-state index in [4.69, 9.17) is 4.74 Å². The van der Waals surface area contributed by atoms with Gasteiger partial charge in [-0.2, -0.15) is 0 Å². The van der Waals surface area contributed by atoms with Crippen molar-refractivity contribution in [2.24, 2.45) is 0 Å². The van der Waals surface area contributed by atoms with Crippen molar-refractivity contribution < 1.29 is 9.53 Å². The standard InChI is InChI=1S/C14H23N5O2/c1-4-10-12(15-3)17-9-18-13(10)19-6-7-21-8-11(19)14(20)16-5-2/h9,11H,4-8H2,1-3H3,(H,16,20)(H,15,17,18). The first-order chi connectivity index (χ1) is 10.2. The van der Waals surface area contributed by atoms with Crippen LogP contribution in [0.5, 0.6) is 0 Å². The van der Waals surface area contributed by atoms with E-state index in [0.717, 1.165) is 23.6 Å². The van der Waals surface area contributed by atoms with Crippen LogP contribution in [0.4, 0.5) is 11.6 Å². The fourth-order valence-electron chi connectivity index (χ4n) is 2.56. The predicted octanol–water partition coefficient (Wildman–Crippen LogP) is 0.422. The van der Waals surface area contributed by atoms with Crippen LogP contribution in [0.15, 0.2) is 6.33 Å². The fraction of sp³-hybridized carbons (Fsp3) is 0.643. The van der Waals surface area contributed by atoms with Crippen LogP contribution in [0.25, 0.3) is 0 Å². The Balaban J connectivity index is 2.35. The van der Waals surface area contributed by atoms with Gasteiger partial charge in [0.25, 0.3) is 0 Å². The summed E-state index contributed by atoms with van der Waals surface area (Å²) in [7, 11) is 1.84. The van der Waals surface area contributed by atoms with Crippen molar-refractivity contribution in [3.8, 4) is 0 Å². The highest BCUT2D eigenvalue weighted by Gasteiger charge is 2.31. The second-order valence-corrected chi connectivity index (χ2v) is 4.81. The van der Waals surface area contributed by atoms with Crippen LogP contribution in [-0.2, 0) is 16.0 Å². The number of nitrogens with one attached hydrogen (secondary N) is 2. The predicted molar refractivity (Wildman–Crippen MR) is 81.6 cm³/mol. The molecule has 1 saturated heterocycles. The fourth-order valence-corrected chi connectivity index (χ4v) is 2.56. The molecule has 0 bridgehead atoms. The Morgan fingerprint density at radius 2 is 2.29 bits per heavy atom. The van der Waals surface area contributed by atoms with Crippen molar-refractivity contribution in [2.45, 2.75) is 26.3 Å². The lowest BCUT2D eigenvalue weighted by Crippen LogP contribution is -2.54. The molecule has 21 heavy (non-hydrogen) atoms. The van der Waals surface area contributed by atoms with E-state index >= 15 is 0 Å². The minimum absolute atomic E-state index is 0.0242. The third-order valence-corrected chi connectivity index (χ3v) is 3.57. The number of hydrogen-bond donors (Lipinski definition) is 2. The molecule has 1 unspecified atom stereocenters. The van der Waals surface area contributed by atoms with E-state index < -0.39 is 0 Å². The van der Waals surface area contributed by atoms with Gasteiger partial charge >= 0.3 is 0 Å². The molecule has 0 saturated carbocycles. The van der Waals surface area contributed by atoms with Gasteiger partial charge in [-0.15, -0.1) is 0 Å². The Bertz CT molecular complexity index is 494. The van der Waals surface area contributed by atoms with Gasteiger partial charge in [-0.3, -0.25) is 4.79 Å². The highest BCUT2D eigenvalue weighted by molar-refractivity contribution is 5.85. The highest BCUT2D eigenvalue weighted by Crippen LogP contribution is 2.26. The van der Waals surface area contributed by atoms with Crippen LogP contribution >= 0.6 is 0 Å². The molecule has 1 aliphatic heterocycles. The minimum Gasteiger partial charge on any atom is -0.377 e. The van der Waals surface area contributed by atoms with E-state index in [0.29, 0.717) is 26.3 Å². The summed E-state index contributed by atoms with van der Waals surface area (Å²) >= 11 is 0. The van der Waals surface area contributed by atoms with Gasteiger partial charge in [-0.05, 0) is 13.3 Å². The molecular formula is C14H23N5O2. The third kappa shape index (κ3) is 3.24. The number of nitrogens with zero attached hydrogens (tertiary/aromatic N) is 3. The molecule has 1 aromatic rings. The van der Waals surface area contributed by atoms with Gasteiger partial charge in [-0.25, -0.2) is 9.97 Å². The minimum atomic E-state index is -0.344. The Kier molecular flexibility index (Phi) is 5.32. The summed E-state index contributed by atoms with van der Waals surface area (Å²) in [5.41, 5.74) is 1.02. The van der Waals surface area contributed by atoms with Crippen molar-refractivity contribution in [3.05, 3.63) is 11.9 Å². The van der Waals surface area contributed by atoms with E-state index in [1.165, 1.54) is 6.33 Å². The number of anilines is 2. The van der Waals surface area contributed by atoms with Crippen LogP contribution in [0.3, 0.4) is 0 Å². The molecule has 1 amide bonds. The van der Waals surface area contributed by atoms with Crippen LogP contribution in [-0.4, -0.2) is 55.3 Å². The molecule has 2 rings (SSSR count). The maximum Gasteiger partial charge on any atom is 0.245 e. The molecule has 1 aromatic heterocycles. The number of likely N-dealkylation sites (N-methyl/N-ethyl adjacent to an activating group) is 1. The molecule has 7 heteroatoms. The van der Waals surface area contributed by atoms with Gasteiger partial charge in [0.2, 0.25) is 5.91 Å². The Hall–Kier alpha value is -1.89. The zero-order valence-corrected chi connectivity index (χ0v) is 12.8. The molecule has 0 aromatic carbocycles. The number of rotatable bonds is 5. The summed E-state index contributed by atoms with van der Waals surface area (Å²) in [5, 5.41) is 5.95. The number of amides is 1. The molecule has 2 heterocycles. The lowest BCUT2D eigenvalue weighted by atomic mass is 10.1. The first-order valence-corrected chi connectivity index (χ1v) is 7.36. The molecule has 0 spiro atoms. The average Bonchev–Trinajstić information content (AvgIpc) is 2.54. The molecule has 116 valence electrons. The molecular weight excluding hydrogens is 270 g/mol. The van der Waals surface area contributed by atoms with Gasteiger partial charge in [0.15, 0.2) is 0 Å². The zero-order chi connectivity index (χ0) is 15.2. The second kappa shape index (κ2) is 7.21. The van der Waals surface area contributed by atoms with E-state index in [2.05, 4.69) is 27.5 Å². The largest absolute Gasteiger partial charge is 0.377 e. The van der Waals surface area contributed by atoms with E-state index in [9.17, 15) is 4.79 Å². The van der Waals surface area contributed by atoms with Crippen LogP contribution < -0.4 is 15.5 Å². The number of aromatic nitrogens is 2. The first kappa shape index (κ1) is 15.5. The summed E-state index contributed by atoms with van der Waals surface area (Å²) in [6.07, 6.45) is 2.33. The molecule has 0 radical (unpaired) electrons. The normalized spacial score (nSPS) is 18.4. The lowest BCUT2D eigenvalue weighted by Gasteiger charge is -2.36. The summed E-state index contributed by atoms with van der Waals surface area (Å²) < 4.78 is 5.47. The maximum absolute atomic E-state index is 12.2. The Morgan fingerprint density at radius 3 is 2.95 bits per heavy atom. The van der Waals surface area contributed by atoms with E-state index in [1.54, 1.807) is 0 Å². The molecule has 0 aliphatic carbocycles. The van der Waals surface area contributed by atoms with E-state index in [1.807, 2.05) is 18.9 Å². The van der Waals surface area contributed by atoms with Crippen molar-refractivity contribution in [3.63, 3.8) is 0 Å². The van der Waals surface area contributed by atoms with Crippen molar-refractivity contribution in [2.75, 3.05) is 43.6 Å². The summed E-state index contributed by atoms with van der Waals surface area (Å²) in [6, 6.07) is -0.344. The average molecular weight is 293 g/mol. The summed E-state index contributed by atoms with van der Waals surface area (Å²) in [6.45, 7) is 6.20. The number of carbonyl (C=O) groups excluding carboxylic acids is 1. The molecule has 1 aliphatic rings. The van der Waals surface area contributed by atoms with Crippen molar-refractivity contribution in [1.82, 2.24) is 15.3 Å². The Labute approximate surface area is 125 Å². The monoisotopic (exact) mass is 293 g/mol. The lowest BCUT2D eigenvalue weighted by molar-refractivity contribution is -0.124. The molecule has 1 fully saturated rings.